The van der Waals surface area contributed by atoms with Crippen LogP contribution < -0.4 is 0 Å². The van der Waals surface area contributed by atoms with Crippen molar-refractivity contribution in [2.45, 2.75) is 38.7 Å². The van der Waals surface area contributed by atoms with Gasteiger partial charge < -0.3 is 10.0 Å². The number of aliphatic hydroxyl groups is 1. The van der Waals surface area contributed by atoms with Gasteiger partial charge in [-0.25, -0.2) is 0 Å². The van der Waals surface area contributed by atoms with Crippen LogP contribution >= 0.6 is 11.6 Å². The molecular weight excluding hydrogens is 258 g/mol. The first-order chi connectivity index (χ1) is 9.19. The molecule has 1 N–H and O–H groups in total. The second-order valence-corrected chi connectivity index (χ2v) is 6.04. The molecule has 1 fully saturated rings. The molecule has 0 saturated heterocycles. The highest BCUT2D eigenvalue weighted by molar-refractivity contribution is 6.30. The van der Waals surface area contributed by atoms with E-state index in [1.54, 1.807) is 0 Å². The Bertz CT molecular complexity index is 375. The monoisotopic (exact) mass is 281 g/mol. The van der Waals surface area contributed by atoms with E-state index in [9.17, 15) is 5.11 Å². The molecule has 19 heavy (non-hydrogen) atoms. The summed E-state index contributed by atoms with van der Waals surface area (Å²) in [6, 6.07) is 7.51. The Labute approximate surface area is 121 Å². The third-order valence-electron chi connectivity index (χ3n) is 3.73. The molecule has 1 saturated carbocycles. The number of benzene rings is 1. The summed E-state index contributed by atoms with van der Waals surface area (Å²) in [6.07, 6.45) is 4.38. The molecule has 1 aliphatic rings. The van der Waals surface area contributed by atoms with Crippen LogP contribution in [0.15, 0.2) is 24.3 Å². The average Bonchev–Trinajstić information content (AvgIpc) is 3.21. The molecule has 3 heteroatoms. The van der Waals surface area contributed by atoms with Crippen molar-refractivity contribution in [2.75, 3.05) is 19.6 Å². The summed E-state index contributed by atoms with van der Waals surface area (Å²) in [5.41, 5.74) is 0.965. The number of rotatable bonds is 8. The highest BCUT2D eigenvalue weighted by atomic mass is 35.5. The highest BCUT2D eigenvalue weighted by Crippen LogP contribution is 2.30. The fraction of sp³-hybridized carbons (Fsp3) is 0.625. The Kier molecular flexibility index (Phi) is 5.68. The van der Waals surface area contributed by atoms with Gasteiger partial charge in [0.25, 0.3) is 0 Å². The normalized spacial score (nSPS) is 16.8. The van der Waals surface area contributed by atoms with Gasteiger partial charge in [0.15, 0.2) is 0 Å². The predicted molar refractivity (Wildman–Crippen MR) is 80.5 cm³/mol. The smallest absolute Gasteiger partial charge is 0.0802 e. The van der Waals surface area contributed by atoms with Crippen LogP contribution in [0, 0.1) is 5.92 Å². The van der Waals surface area contributed by atoms with E-state index in [4.69, 9.17) is 11.6 Å². The lowest BCUT2D eigenvalue weighted by atomic mass is 10.1. The number of hydrogen-bond donors (Lipinski definition) is 1. The van der Waals surface area contributed by atoms with E-state index >= 15 is 0 Å². The second-order valence-electron chi connectivity index (χ2n) is 5.60. The molecule has 0 aliphatic heterocycles. The molecule has 1 aromatic carbocycles. The van der Waals surface area contributed by atoms with Crippen molar-refractivity contribution < 1.29 is 5.11 Å². The zero-order valence-electron chi connectivity index (χ0n) is 11.7. The van der Waals surface area contributed by atoms with Gasteiger partial charge in [-0.3, -0.25) is 0 Å². The van der Waals surface area contributed by atoms with Gasteiger partial charge in [-0.2, -0.15) is 0 Å². The Hall–Kier alpha value is -0.570. The fourth-order valence-electron chi connectivity index (χ4n) is 2.43. The van der Waals surface area contributed by atoms with Crippen molar-refractivity contribution in [3.63, 3.8) is 0 Å². The third-order valence-corrected chi connectivity index (χ3v) is 3.98. The van der Waals surface area contributed by atoms with Gasteiger partial charge in [-0.05, 0) is 55.8 Å². The molecule has 0 heterocycles. The molecule has 0 spiro atoms. The van der Waals surface area contributed by atoms with Crippen LogP contribution in [0.1, 0.15) is 44.3 Å². The Morgan fingerprint density at radius 1 is 1.26 bits per heavy atom. The lowest BCUT2D eigenvalue weighted by Gasteiger charge is -2.23. The summed E-state index contributed by atoms with van der Waals surface area (Å²) in [6.45, 7) is 5.55. The van der Waals surface area contributed by atoms with E-state index in [2.05, 4.69) is 11.8 Å². The van der Waals surface area contributed by atoms with Crippen molar-refractivity contribution in [3.8, 4) is 0 Å². The summed E-state index contributed by atoms with van der Waals surface area (Å²) in [5.74, 6) is 0.916. The molecule has 1 unspecified atom stereocenters. The first-order valence-electron chi connectivity index (χ1n) is 7.35. The largest absolute Gasteiger partial charge is 0.388 e. The zero-order valence-corrected chi connectivity index (χ0v) is 12.4. The van der Waals surface area contributed by atoms with Gasteiger partial charge in [-0.1, -0.05) is 30.7 Å². The Morgan fingerprint density at radius 2 is 1.95 bits per heavy atom. The molecule has 0 bridgehead atoms. The van der Waals surface area contributed by atoms with Crippen molar-refractivity contribution in [3.05, 3.63) is 34.9 Å². The summed E-state index contributed by atoms with van der Waals surface area (Å²) in [5, 5.41) is 10.9. The number of nitrogens with zero attached hydrogens (tertiary/aromatic N) is 1. The predicted octanol–water partition coefficient (Wildman–Crippen LogP) is 3.89. The topological polar surface area (TPSA) is 23.5 Å². The van der Waals surface area contributed by atoms with E-state index in [0.29, 0.717) is 0 Å². The highest BCUT2D eigenvalue weighted by Gasteiger charge is 2.24. The molecule has 2 nitrogen and oxygen atoms in total. The van der Waals surface area contributed by atoms with Crippen LogP contribution in [0.2, 0.25) is 5.02 Å². The Morgan fingerprint density at radius 3 is 2.53 bits per heavy atom. The van der Waals surface area contributed by atoms with Crippen LogP contribution in [0.5, 0.6) is 0 Å². The van der Waals surface area contributed by atoms with Gasteiger partial charge in [0.2, 0.25) is 0 Å². The average molecular weight is 282 g/mol. The molecule has 0 aromatic heterocycles. The van der Waals surface area contributed by atoms with Crippen molar-refractivity contribution in [2.24, 2.45) is 5.92 Å². The zero-order chi connectivity index (χ0) is 13.7. The molecule has 0 amide bonds. The molecular formula is C16H24ClNO. The van der Waals surface area contributed by atoms with Crippen molar-refractivity contribution in [1.29, 1.82) is 0 Å². The van der Waals surface area contributed by atoms with E-state index in [0.717, 1.165) is 36.0 Å². The van der Waals surface area contributed by atoms with Crippen molar-refractivity contribution in [1.82, 2.24) is 4.90 Å². The molecule has 106 valence electrons. The summed E-state index contributed by atoms with van der Waals surface area (Å²) in [4.78, 5) is 2.50. The van der Waals surface area contributed by atoms with E-state index in [1.807, 2.05) is 24.3 Å². The van der Waals surface area contributed by atoms with E-state index in [1.165, 1.54) is 25.8 Å². The number of hydrogen-bond acceptors (Lipinski definition) is 2. The second kappa shape index (κ2) is 7.28. The lowest BCUT2D eigenvalue weighted by molar-refractivity contribution is 0.140. The number of aliphatic hydroxyl groups excluding tert-OH is 1. The van der Waals surface area contributed by atoms with Crippen LogP contribution in [-0.2, 0) is 0 Å². The SMILES string of the molecule is CCCN(CCC(O)c1ccc(Cl)cc1)CC1CC1. The minimum atomic E-state index is -0.379. The van der Waals surface area contributed by atoms with Crippen molar-refractivity contribution >= 4 is 11.6 Å². The molecule has 1 aromatic rings. The molecule has 2 rings (SSSR count). The minimum Gasteiger partial charge on any atom is -0.388 e. The Balaban J connectivity index is 1.79. The lowest BCUT2D eigenvalue weighted by Crippen LogP contribution is -2.29. The quantitative estimate of drug-likeness (QED) is 0.781. The van der Waals surface area contributed by atoms with Gasteiger partial charge in [0.1, 0.15) is 0 Å². The summed E-state index contributed by atoms with van der Waals surface area (Å²) < 4.78 is 0. The van der Waals surface area contributed by atoms with Crippen LogP contribution in [0.4, 0.5) is 0 Å². The first kappa shape index (κ1) is 14.8. The number of halogens is 1. The van der Waals surface area contributed by atoms with Gasteiger partial charge >= 0.3 is 0 Å². The van der Waals surface area contributed by atoms with Crippen LogP contribution in [-0.4, -0.2) is 29.6 Å². The maximum absolute atomic E-state index is 10.2. The first-order valence-corrected chi connectivity index (χ1v) is 7.72. The van der Waals surface area contributed by atoms with E-state index < -0.39 is 0 Å². The maximum Gasteiger partial charge on any atom is 0.0802 e. The minimum absolute atomic E-state index is 0.379. The third kappa shape index (κ3) is 5.13. The fourth-order valence-corrected chi connectivity index (χ4v) is 2.56. The summed E-state index contributed by atoms with van der Waals surface area (Å²) >= 11 is 5.86. The van der Waals surface area contributed by atoms with Gasteiger partial charge in [0, 0.05) is 18.1 Å². The molecule has 1 aliphatic carbocycles. The van der Waals surface area contributed by atoms with Crippen LogP contribution in [0.25, 0.3) is 0 Å². The standard InChI is InChI=1S/C16H24ClNO/c1-2-10-18(12-13-3-4-13)11-9-16(19)14-5-7-15(17)8-6-14/h5-8,13,16,19H,2-4,9-12H2,1H3. The molecule has 1 atom stereocenters. The van der Waals surface area contributed by atoms with Gasteiger partial charge in [0.05, 0.1) is 6.10 Å². The van der Waals surface area contributed by atoms with Crippen LogP contribution in [0.3, 0.4) is 0 Å². The summed E-state index contributed by atoms with van der Waals surface area (Å²) in [7, 11) is 0. The molecule has 0 radical (unpaired) electrons. The van der Waals surface area contributed by atoms with E-state index in [-0.39, 0.29) is 6.10 Å². The maximum atomic E-state index is 10.2. The van der Waals surface area contributed by atoms with Gasteiger partial charge in [-0.15, -0.1) is 0 Å².